The molecule has 2 heterocycles. The first-order valence-electron chi connectivity index (χ1n) is 8.27. The fraction of sp³-hybridized carbons (Fsp3) is 0.688. The van der Waals surface area contributed by atoms with Gasteiger partial charge in [0.15, 0.2) is 5.82 Å². The fourth-order valence-corrected chi connectivity index (χ4v) is 4.47. The van der Waals surface area contributed by atoms with Gasteiger partial charge in [-0.15, -0.1) is 5.10 Å². The highest BCUT2D eigenvalue weighted by molar-refractivity contribution is 6.83. The van der Waals surface area contributed by atoms with Crippen LogP contribution in [0.5, 0.6) is 0 Å². The predicted molar refractivity (Wildman–Crippen MR) is 96.1 cm³/mol. The van der Waals surface area contributed by atoms with Crippen molar-refractivity contribution in [2.24, 2.45) is 0 Å². The van der Waals surface area contributed by atoms with Crippen molar-refractivity contribution in [2.45, 2.75) is 70.9 Å². The van der Waals surface area contributed by atoms with Crippen molar-refractivity contribution in [3.8, 4) is 0 Å². The zero-order valence-corrected chi connectivity index (χ0v) is 16.6. The normalized spacial score (nSPS) is 16.8. The van der Waals surface area contributed by atoms with Crippen molar-refractivity contribution < 1.29 is 14.7 Å². The molecule has 0 unspecified atom stereocenters. The summed E-state index contributed by atoms with van der Waals surface area (Å²) in [4.78, 5) is 24.4. The molecule has 1 aromatic heterocycles. The van der Waals surface area contributed by atoms with Crippen LogP contribution >= 0.6 is 0 Å². The van der Waals surface area contributed by atoms with Gasteiger partial charge in [0, 0.05) is 17.1 Å². The van der Waals surface area contributed by atoms with Crippen LogP contribution in [0.25, 0.3) is 0 Å². The maximum Gasteiger partial charge on any atom is 0.432 e. The van der Waals surface area contributed by atoms with Gasteiger partial charge in [-0.3, -0.25) is 4.79 Å². The van der Waals surface area contributed by atoms with Crippen LogP contribution in [0.4, 0.5) is 10.6 Å². The van der Waals surface area contributed by atoms with E-state index in [0.29, 0.717) is 18.1 Å². The van der Waals surface area contributed by atoms with Gasteiger partial charge in [0.1, 0.15) is 0 Å². The molecule has 3 N–H and O–H groups in total. The summed E-state index contributed by atoms with van der Waals surface area (Å²) in [6.07, 6.45) is -1.15. The number of rotatable bonds is 4. The van der Waals surface area contributed by atoms with Gasteiger partial charge in [-0.2, -0.15) is 4.68 Å². The molecule has 0 spiro atoms. The molecule has 1 aliphatic heterocycles. The summed E-state index contributed by atoms with van der Waals surface area (Å²) < 4.78 is 0.973. The van der Waals surface area contributed by atoms with Crippen LogP contribution in [0, 0.1) is 0 Å². The van der Waals surface area contributed by atoms with E-state index in [9.17, 15) is 14.7 Å². The van der Waals surface area contributed by atoms with E-state index in [-0.39, 0.29) is 5.91 Å². The highest BCUT2D eigenvalue weighted by Crippen LogP contribution is 2.41. The lowest BCUT2D eigenvalue weighted by Gasteiger charge is -2.37. The molecule has 0 aliphatic carbocycles. The maximum atomic E-state index is 12.9. The second-order valence-corrected chi connectivity index (χ2v) is 13.9. The van der Waals surface area contributed by atoms with E-state index in [2.05, 4.69) is 35.8 Å². The number of hydrogen-bond acceptors (Lipinski definition) is 4. The summed E-state index contributed by atoms with van der Waals surface area (Å²) in [5.41, 5.74) is 0.842. The molecule has 0 saturated carbocycles. The van der Waals surface area contributed by atoms with Crippen LogP contribution in [-0.4, -0.2) is 35.0 Å². The Morgan fingerprint density at radius 2 is 2.00 bits per heavy atom. The zero-order chi connectivity index (χ0) is 18.5. The van der Waals surface area contributed by atoms with Gasteiger partial charge in [0.05, 0.1) is 19.3 Å². The number of nitrogens with zero attached hydrogens (tertiary/aromatic N) is 2. The molecule has 0 saturated heterocycles. The molecule has 24 heavy (non-hydrogen) atoms. The quantitative estimate of drug-likeness (QED) is 0.723. The number of carboxylic acid groups (broad SMARTS) is 1. The number of aromatic nitrogens is 2. The molecule has 0 radical (unpaired) electrons. The molecule has 0 fully saturated rings. The first kappa shape index (κ1) is 18.7. The molecule has 7 nitrogen and oxygen atoms in total. The van der Waals surface area contributed by atoms with Crippen molar-refractivity contribution in [1.82, 2.24) is 15.1 Å². The molecule has 1 aromatic rings. The van der Waals surface area contributed by atoms with E-state index in [1.54, 1.807) is 0 Å². The molecule has 1 amide bonds. The average Bonchev–Trinajstić information content (AvgIpc) is 2.98. The molecule has 1 aliphatic rings. The third-order valence-electron chi connectivity index (χ3n) is 5.84. The molecular weight excluding hydrogens is 324 g/mol. The van der Waals surface area contributed by atoms with Gasteiger partial charge in [0.25, 0.3) is 0 Å². The Kier molecular flexibility index (Phi) is 4.43. The lowest BCUT2D eigenvalue weighted by molar-refractivity contribution is -0.118. The molecule has 0 aromatic carbocycles. The highest BCUT2D eigenvalue weighted by Gasteiger charge is 2.45. The van der Waals surface area contributed by atoms with Crippen LogP contribution in [0.2, 0.25) is 24.2 Å². The summed E-state index contributed by atoms with van der Waals surface area (Å²) in [6, 6.07) is 0.990. The number of hydrogen-bond donors (Lipinski definition) is 3. The summed E-state index contributed by atoms with van der Waals surface area (Å²) >= 11 is 0. The van der Waals surface area contributed by atoms with Crippen molar-refractivity contribution in [1.29, 1.82) is 0 Å². The first-order valence-corrected chi connectivity index (χ1v) is 11.5. The lowest BCUT2D eigenvalue weighted by Crippen LogP contribution is -2.46. The predicted octanol–water partition coefficient (Wildman–Crippen LogP) is 3.19. The Balaban J connectivity index is 2.41. The topological polar surface area (TPSA) is 96.2 Å². The molecule has 0 atom stereocenters. The Morgan fingerprint density at radius 3 is 2.50 bits per heavy atom. The Hall–Kier alpha value is -1.67. The van der Waals surface area contributed by atoms with Gasteiger partial charge in [0.2, 0.25) is 5.91 Å². The fourth-order valence-electron chi connectivity index (χ4n) is 2.90. The standard InChI is InChI=1S/C16H28N4O3Si/c1-8-24(6,7)16(4,5)13(21)18-12-10-9-17-15(2,3)11(10)20(19-12)14(22)23/h17H,8-9H2,1-7H3,(H,22,23)(H,18,19,21). The van der Waals surface area contributed by atoms with Gasteiger partial charge in [-0.25, -0.2) is 4.79 Å². The highest BCUT2D eigenvalue weighted by atomic mass is 28.3. The van der Waals surface area contributed by atoms with Crippen LogP contribution < -0.4 is 10.6 Å². The van der Waals surface area contributed by atoms with Crippen LogP contribution in [-0.2, 0) is 16.9 Å². The SMILES string of the molecule is CC[Si](C)(C)C(C)(C)C(=O)Nc1nn(C(=O)O)c2c1CNC2(C)C. The monoisotopic (exact) mass is 352 g/mol. The van der Waals surface area contributed by atoms with Gasteiger partial charge < -0.3 is 15.7 Å². The Morgan fingerprint density at radius 1 is 1.42 bits per heavy atom. The van der Waals surface area contributed by atoms with Crippen LogP contribution in [0.3, 0.4) is 0 Å². The van der Waals surface area contributed by atoms with Crippen LogP contribution in [0.1, 0.15) is 45.9 Å². The van der Waals surface area contributed by atoms with E-state index >= 15 is 0 Å². The lowest BCUT2D eigenvalue weighted by atomic mass is 10.0. The third kappa shape index (κ3) is 2.77. The Labute approximate surface area is 143 Å². The largest absolute Gasteiger partial charge is 0.463 e. The molecule has 134 valence electrons. The van der Waals surface area contributed by atoms with Crippen LogP contribution in [0.15, 0.2) is 0 Å². The summed E-state index contributed by atoms with van der Waals surface area (Å²) in [6.45, 7) is 14.7. The number of amides is 1. The minimum Gasteiger partial charge on any atom is -0.463 e. The Bertz CT molecular complexity index is 692. The van der Waals surface area contributed by atoms with Crippen molar-refractivity contribution >= 4 is 25.9 Å². The van der Waals surface area contributed by atoms with Gasteiger partial charge in [-0.1, -0.05) is 39.9 Å². The van der Waals surface area contributed by atoms with Gasteiger partial charge in [-0.05, 0) is 13.8 Å². The summed E-state index contributed by atoms with van der Waals surface area (Å²) in [5, 5.41) is 19.2. The number of nitrogens with one attached hydrogen (secondary N) is 2. The molecule has 0 bridgehead atoms. The number of carbonyl (C=O) groups is 2. The summed E-state index contributed by atoms with van der Waals surface area (Å²) in [5.74, 6) is 0.257. The smallest absolute Gasteiger partial charge is 0.432 e. The third-order valence-corrected chi connectivity index (χ3v) is 11.2. The second kappa shape index (κ2) is 5.70. The summed E-state index contributed by atoms with van der Waals surface area (Å²) in [7, 11) is -1.77. The van der Waals surface area contributed by atoms with Crippen molar-refractivity contribution in [2.75, 3.05) is 5.32 Å². The zero-order valence-electron chi connectivity index (χ0n) is 15.6. The van der Waals surface area contributed by atoms with E-state index < -0.39 is 24.7 Å². The first-order chi connectivity index (χ1) is 10.8. The van der Waals surface area contributed by atoms with Gasteiger partial charge >= 0.3 is 6.09 Å². The number of anilines is 1. The number of fused-ring (bicyclic) bond motifs is 1. The number of carbonyl (C=O) groups excluding carboxylic acids is 1. The van der Waals surface area contributed by atoms with E-state index in [1.165, 1.54) is 0 Å². The van der Waals surface area contributed by atoms with E-state index in [1.807, 2.05) is 27.7 Å². The molecule has 8 heteroatoms. The molecule has 2 rings (SSSR count). The second-order valence-electron chi connectivity index (χ2n) is 8.17. The van der Waals surface area contributed by atoms with E-state index in [4.69, 9.17) is 0 Å². The molecular formula is C16H28N4O3Si. The van der Waals surface area contributed by atoms with Crippen molar-refractivity contribution in [3.63, 3.8) is 0 Å². The average molecular weight is 353 g/mol. The van der Waals surface area contributed by atoms with Crippen molar-refractivity contribution in [3.05, 3.63) is 11.3 Å². The minimum absolute atomic E-state index is 0.0939. The maximum absolute atomic E-state index is 12.9. The van der Waals surface area contributed by atoms with E-state index in [0.717, 1.165) is 16.3 Å². The minimum atomic E-state index is -1.77.